The highest BCUT2D eigenvalue weighted by Gasteiger charge is 2.46. The van der Waals surface area contributed by atoms with Crippen LogP contribution in [0, 0.1) is 0 Å². The van der Waals surface area contributed by atoms with Crippen LogP contribution in [0.3, 0.4) is 0 Å². The van der Waals surface area contributed by atoms with E-state index in [9.17, 15) is 18.0 Å². The van der Waals surface area contributed by atoms with Crippen molar-refractivity contribution >= 4 is 39.3 Å². The summed E-state index contributed by atoms with van der Waals surface area (Å²) in [6, 6.07) is 16.7. The van der Waals surface area contributed by atoms with Crippen molar-refractivity contribution in [3.8, 4) is 5.75 Å². The maximum absolute atomic E-state index is 13.2. The summed E-state index contributed by atoms with van der Waals surface area (Å²) in [5.41, 5.74) is 1.96. The number of likely N-dealkylation sites (tertiary alicyclic amines) is 1. The molecule has 3 atom stereocenters. The van der Waals surface area contributed by atoms with Gasteiger partial charge in [-0.1, -0.05) is 39.7 Å². The lowest BCUT2D eigenvalue weighted by atomic mass is 9.81. The molecule has 9 heteroatoms. The minimum Gasteiger partial charge on any atom is -0.410 e. The Kier molecular flexibility index (Phi) is 5.98. The van der Waals surface area contributed by atoms with Gasteiger partial charge in [0.15, 0.2) is 0 Å². The molecule has 176 valence electrons. The fourth-order valence-electron chi connectivity index (χ4n) is 4.81. The lowest BCUT2D eigenvalue weighted by molar-refractivity contribution is -0.137. The van der Waals surface area contributed by atoms with Crippen LogP contribution >= 0.6 is 27.5 Å². The molecule has 4 nitrogen and oxygen atoms in total. The van der Waals surface area contributed by atoms with Gasteiger partial charge in [0, 0.05) is 27.6 Å². The molecule has 0 saturated carbocycles. The predicted octanol–water partition coefficient (Wildman–Crippen LogP) is 7.65. The number of nitrogens with one attached hydrogen (secondary N) is 1. The average molecular weight is 552 g/mol. The fraction of sp³-hybridized carbons (Fsp3) is 0.240. The molecule has 2 heterocycles. The molecule has 1 amide bonds. The van der Waals surface area contributed by atoms with Crippen LogP contribution in [-0.4, -0.2) is 23.6 Å². The monoisotopic (exact) mass is 550 g/mol. The van der Waals surface area contributed by atoms with Crippen LogP contribution in [0.5, 0.6) is 5.75 Å². The van der Waals surface area contributed by atoms with Crippen molar-refractivity contribution in [3.63, 3.8) is 0 Å². The van der Waals surface area contributed by atoms with Crippen molar-refractivity contribution in [1.29, 1.82) is 0 Å². The minimum absolute atomic E-state index is 0.0966. The molecule has 34 heavy (non-hydrogen) atoms. The molecule has 5 rings (SSSR count). The van der Waals surface area contributed by atoms with Crippen LogP contribution in [0.1, 0.15) is 35.1 Å². The summed E-state index contributed by atoms with van der Waals surface area (Å²) in [5.74, 6) is 0.439. The number of carbonyl (C=O) groups excluding carboxylic acids is 1. The molecule has 0 bridgehead atoms. The highest BCUT2D eigenvalue weighted by molar-refractivity contribution is 9.10. The van der Waals surface area contributed by atoms with Crippen molar-refractivity contribution < 1.29 is 22.7 Å². The van der Waals surface area contributed by atoms with Crippen molar-refractivity contribution in [1.82, 2.24) is 4.90 Å². The first-order valence-electron chi connectivity index (χ1n) is 10.7. The van der Waals surface area contributed by atoms with Gasteiger partial charge in [-0.25, -0.2) is 4.79 Å². The van der Waals surface area contributed by atoms with Gasteiger partial charge in [0.25, 0.3) is 0 Å². The maximum atomic E-state index is 13.2. The number of rotatable bonds is 2. The highest BCUT2D eigenvalue weighted by Crippen LogP contribution is 2.49. The second-order valence-corrected chi connectivity index (χ2v) is 9.73. The molecule has 1 saturated heterocycles. The van der Waals surface area contributed by atoms with E-state index in [0.29, 0.717) is 29.3 Å². The molecule has 0 spiro atoms. The predicted molar refractivity (Wildman–Crippen MR) is 127 cm³/mol. The van der Waals surface area contributed by atoms with Crippen LogP contribution in [-0.2, 0) is 6.18 Å². The van der Waals surface area contributed by atoms with E-state index < -0.39 is 23.9 Å². The van der Waals surface area contributed by atoms with Gasteiger partial charge >= 0.3 is 12.3 Å². The zero-order valence-corrected chi connectivity index (χ0v) is 20.0. The first-order chi connectivity index (χ1) is 16.2. The van der Waals surface area contributed by atoms with E-state index in [-0.39, 0.29) is 12.0 Å². The van der Waals surface area contributed by atoms with E-state index in [1.54, 1.807) is 29.2 Å². The van der Waals surface area contributed by atoms with Crippen LogP contribution in [0.15, 0.2) is 71.2 Å². The standard InChI is InChI=1S/C25H19BrClF3N2O2/c26-16-5-10-21-20(13-16)19-11-12-32(24(33)34-18-8-6-17(27)7-9-18)23(22(19)31-21)14-1-3-15(4-2-14)25(28,29)30/h1-10,13,19,22-23,31H,11-12H2. The van der Waals surface area contributed by atoms with Crippen LogP contribution < -0.4 is 10.1 Å². The molecule has 1 N–H and O–H groups in total. The number of halogens is 5. The van der Waals surface area contributed by atoms with Crippen LogP contribution in [0.25, 0.3) is 0 Å². The first kappa shape index (κ1) is 23.1. The van der Waals surface area contributed by atoms with Crippen molar-refractivity contribution in [2.75, 3.05) is 11.9 Å². The lowest BCUT2D eigenvalue weighted by Crippen LogP contribution is -2.50. The number of nitrogens with zero attached hydrogens (tertiary/aromatic N) is 1. The van der Waals surface area contributed by atoms with Crippen molar-refractivity contribution in [2.24, 2.45) is 0 Å². The van der Waals surface area contributed by atoms with Crippen LogP contribution in [0.2, 0.25) is 5.02 Å². The number of hydrogen-bond acceptors (Lipinski definition) is 3. The minimum atomic E-state index is -4.44. The molecular formula is C25H19BrClF3N2O2. The van der Waals surface area contributed by atoms with Gasteiger partial charge in [-0.15, -0.1) is 0 Å². The summed E-state index contributed by atoms with van der Waals surface area (Å²) >= 11 is 9.44. The Morgan fingerprint density at radius 2 is 1.76 bits per heavy atom. The third kappa shape index (κ3) is 4.36. The summed E-state index contributed by atoms with van der Waals surface area (Å²) in [4.78, 5) is 14.8. The Hall–Kier alpha value is -2.71. The van der Waals surface area contributed by atoms with Crippen molar-refractivity contribution in [3.05, 3.63) is 92.9 Å². The van der Waals surface area contributed by atoms with Gasteiger partial charge in [0.05, 0.1) is 17.6 Å². The molecule has 3 unspecified atom stereocenters. The number of benzene rings is 3. The number of anilines is 1. The van der Waals surface area contributed by atoms with E-state index in [1.165, 1.54) is 12.1 Å². The zero-order chi connectivity index (χ0) is 24.0. The summed E-state index contributed by atoms with van der Waals surface area (Å²) < 4.78 is 46.0. The lowest BCUT2D eigenvalue weighted by Gasteiger charge is -2.42. The van der Waals surface area contributed by atoms with Crippen molar-refractivity contribution in [2.45, 2.75) is 30.6 Å². The average Bonchev–Trinajstić information content (AvgIpc) is 3.17. The largest absolute Gasteiger partial charge is 0.416 e. The topological polar surface area (TPSA) is 41.6 Å². The summed E-state index contributed by atoms with van der Waals surface area (Å²) in [6.07, 6.45) is -4.31. The Bertz CT molecular complexity index is 1220. The fourth-order valence-corrected chi connectivity index (χ4v) is 5.32. The Morgan fingerprint density at radius 1 is 1.06 bits per heavy atom. The molecular weight excluding hydrogens is 533 g/mol. The van der Waals surface area contributed by atoms with Gasteiger partial charge in [-0.3, -0.25) is 4.90 Å². The molecule has 3 aromatic rings. The number of amides is 1. The van der Waals surface area contributed by atoms with E-state index in [1.807, 2.05) is 12.1 Å². The van der Waals surface area contributed by atoms with Gasteiger partial charge in [0.2, 0.25) is 0 Å². The number of hydrogen-bond donors (Lipinski definition) is 1. The zero-order valence-electron chi connectivity index (χ0n) is 17.7. The van der Waals surface area contributed by atoms with Gasteiger partial charge in [-0.2, -0.15) is 13.2 Å². The number of carbonyl (C=O) groups is 1. The molecule has 3 aromatic carbocycles. The van der Waals surface area contributed by atoms with E-state index in [2.05, 4.69) is 27.3 Å². The van der Waals surface area contributed by atoms with Crippen LogP contribution in [0.4, 0.5) is 23.7 Å². The molecule has 2 aliphatic heterocycles. The maximum Gasteiger partial charge on any atom is 0.416 e. The third-order valence-electron chi connectivity index (χ3n) is 6.36. The Labute approximate surface area is 207 Å². The highest BCUT2D eigenvalue weighted by atomic mass is 79.9. The molecule has 0 radical (unpaired) electrons. The summed E-state index contributed by atoms with van der Waals surface area (Å²) in [6.45, 7) is 0.396. The van der Waals surface area contributed by atoms with E-state index >= 15 is 0 Å². The molecule has 1 fully saturated rings. The number of piperidine rings is 1. The normalized spacial score (nSPS) is 21.4. The molecule has 0 aliphatic carbocycles. The van der Waals surface area contributed by atoms with Gasteiger partial charge in [-0.05, 0) is 72.1 Å². The summed E-state index contributed by atoms with van der Waals surface area (Å²) in [5, 5.41) is 4.02. The molecule has 0 aromatic heterocycles. The summed E-state index contributed by atoms with van der Waals surface area (Å²) in [7, 11) is 0. The third-order valence-corrected chi connectivity index (χ3v) is 7.10. The smallest absolute Gasteiger partial charge is 0.410 e. The first-order valence-corrected chi connectivity index (χ1v) is 11.8. The second kappa shape index (κ2) is 8.82. The number of ether oxygens (including phenoxy) is 1. The molecule has 2 aliphatic rings. The van der Waals surface area contributed by atoms with E-state index in [4.69, 9.17) is 16.3 Å². The second-order valence-electron chi connectivity index (χ2n) is 8.38. The quantitative estimate of drug-likeness (QED) is 0.356. The number of alkyl halides is 3. The SMILES string of the molecule is O=C(Oc1ccc(Cl)cc1)N1CCC2c3cc(Br)ccc3NC2C1c1ccc(C(F)(F)F)cc1. The van der Waals surface area contributed by atoms with Gasteiger partial charge in [0.1, 0.15) is 5.75 Å². The Morgan fingerprint density at radius 3 is 2.44 bits per heavy atom. The van der Waals surface area contributed by atoms with E-state index in [0.717, 1.165) is 27.9 Å². The van der Waals surface area contributed by atoms with Gasteiger partial charge < -0.3 is 10.1 Å². The Balaban J connectivity index is 1.49. The number of fused-ring (bicyclic) bond motifs is 3.